The number of hydrogen-bond donors (Lipinski definition) is 1. The van der Waals surface area contributed by atoms with Crippen LogP contribution in [0.4, 0.5) is 13.2 Å². The molecular weight excluding hydrogens is 333 g/mol. The van der Waals surface area contributed by atoms with Gasteiger partial charge in [-0.2, -0.15) is 22.7 Å². The predicted octanol–water partition coefficient (Wildman–Crippen LogP) is 1.97. The van der Waals surface area contributed by atoms with Crippen molar-refractivity contribution in [2.75, 3.05) is 13.1 Å². The third-order valence-corrected chi connectivity index (χ3v) is 5.84. The van der Waals surface area contributed by atoms with Gasteiger partial charge in [0.1, 0.15) is 6.07 Å². The largest absolute Gasteiger partial charge is 0.416 e. The Balaban J connectivity index is 2.40. The second-order valence-corrected chi connectivity index (χ2v) is 7.38. The third-order valence-electron chi connectivity index (χ3n) is 3.91. The molecule has 1 aromatic rings. The molecule has 0 saturated carbocycles. The molecule has 2 rings (SSSR count). The van der Waals surface area contributed by atoms with Crippen LogP contribution in [0.25, 0.3) is 0 Å². The summed E-state index contributed by atoms with van der Waals surface area (Å²) in [6.07, 6.45) is -4.88. The van der Waals surface area contributed by atoms with Crippen molar-refractivity contribution in [2.24, 2.45) is 5.92 Å². The van der Waals surface area contributed by atoms with Gasteiger partial charge >= 0.3 is 6.18 Å². The van der Waals surface area contributed by atoms with Crippen molar-refractivity contribution in [1.29, 1.82) is 5.26 Å². The first-order valence-corrected chi connectivity index (χ1v) is 8.31. The molecule has 126 valence electrons. The lowest BCUT2D eigenvalue weighted by molar-refractivity contribution is -0.137. The van der Waals surface area contributed by atoms with Crippen molar-refractivity contribution in [3.8, 4) is 6.07 Å². The van der Waals surface area contributed by atoms with Crippen LogP contribution in [0.5, 0.6) is 0 Å². The van der Waals surface area contributed by atoms with Gasteiger partial charge in [-0.25, -0.2) is 8.42 Å². The van der Waals surface area contributed by atoms with Crippen LogP contribution >= 0.6 is 0 Å². The molecule has 1 saturated heterocycles. The summed E-state index contributed by atoms with van der Waals surface area (Å²) < 4.78 is 64.2. The lowest BCUT2D eigenvalue weighted by Crippen LogP contribution is -2.31. The van der Waals surface area contributed by atoms with E-state index in [0.717, 1.165) is 10.4 Å². The smallest absolute Gasteiger partial charge is 0.393 e. The molecule has 2 atom stereocenters. The highest BCUT2D eigenvalue weighted by molar-refractivity contribution is 7.89. The van der Waals surface area contributed by atoms with Gasteiger partial charge in [0, 0.05) is 13.1 Å². The van der Waals surface area contributed by atoms with Crippen molar-refractivity contribution in [2.45, 2.75) is 30.5 Å². The van der Waals surface area contributed by atoms with E-state index < -0.39 is 38.3 Å². The van der Waals surface area contributed by atoms with Crippen LogP contribution in [0, 0.1) is 17.2 Å². The van der Waals surface area contributed by atoms with E-state index in [1.807, 2.05) is 0 Å². The Labute approximate surface area is 132 Å². The van der Waals surface area contributed by atoms with E-state index in [1.165, 1.54) is 6.07 Å². The van der Waals surface area contributed by atoms with Crippen molar-refractivity contribution < 1.29 is 26.7 Å². The van der Waals surface area contributed by atoms with Gasteiger partial charge in [-0.05, 0) is 37.5 Å². The molecule has 0 aliphatic carbocycles. The van der Waals surface area contributed by atoms with E-state index in [9.17, 15) is 26.7 Å². The van der Waals surface area contributed by atoms with E-state index in [2.05, 4.69) is 0 Å². The minimum absolute atomic E-state index is 0.0753. The molecule has 0 bridgehead atoms. The molecular formula is C14H15F3N2O3S. The summed E-state index contributed by atoms with van der Waals surface area (Å²) in [7, 11) is -4.08. The van der Waals surface area contributed by atoms with E-state index in [0.29, 0.717) is 18.6 Å². The van der Waals surface area contributed by atoms with Gasteiger partial charge in [0.05, 0.1) is 22.1 Å². The Morgan fingerprint density at radius 2 is 2.09 bits per heavy atom. The lowest BCUT2D eigenvalue weighted by Gasteiger charge is -2.19. The van der Waals surface area contributed by atoms with Crippen molar-refractivity contribution in [3.63, 3.8) is 0 Å². The maximum absolute atomic E-state index is 12.7. The van der Waals surface area contributed by atoms with Crippen LogP contribution in [0.3, 0.4) is 0 Å². The van der Waals surface area contributed by atoms with E-state index in [1.54, 1.807) is 6.92 Å². The fourth-order valence-corrected chi connectivity index (χ4v) is 4.16. The number of aliphatic hydroxyl groups excluding tert-OH is 1. The average molecular weight is 348 g/mol. The maximum atomic E-state index is 12.7. The van der Waals surface area contributed by atoms with Gasteiger partial charge in [-0.15, -0.1) is 0 Å². The topological polar surface area (TPSA) is 81.4 Å². The molecule has 1 aliphatic heterocycles. The lowest BCUT2D eigenvalue weighted by atomic mass is 10.0. The molecule has 1 heterocycles. The van der Waals surface area contributed by atoms with E-state index in [-0.39, 0.29) is 19.0 Å². The highest BCUT2D eigenvalue weighted by Gasteiger charge is 2.37. The first kappa shape index (κ1) is 17.7. The monoisotopic (exact) mass is 348 g/mol. The zero-order valence-electron chi connectivity index (χ0n) is 12.2. The standard InChI is InChI=1S/C14H15F3N2O3S/c1-9(20)10-4-5-19(8-10)23(21,22)13-3-2-12(14(15,16)17)6-11(13)7-18/h2-3,6,9-10,20H,4-5,8H2,1H3. The minimum Gasteiger partial charge on any atom is -0.393 e. The first-order chi connectivity index (χ1) is 10.6. The number of halogens is 3. The number of aliphatic hydroxyl groups is 1. The van der Waals surface area contributed by atoms with Gasteiger partial charge in [0.15, 0.2) is 0 Å². The Morgan fingerprint density at radius 1 is 1.43 bits per heavy atom. The van der Waals surface area contributed by atoms with Crippen molar-refractivity contribution in [3.05, 3.63) is 29.3 Å². The zero-order chi connectivity index (χ0) is 17.4. The number of alkyl halides is 3. The predicted molar refractivity (Wildman–Crippen MR) is 74.7 cm³/mol. The van der Waals surface area contributed by atoms with E-state index in [4.69, 9.17) is 5.26 Å². The van der Waals surface area contributed by atoms with Crippen molar-refractivity contribution >= 4 is 10.0 Å². The SMILES string of the molecule is CC(O)C1CCN(S(=O)(=O)c2ccc(C(F)(F)F)cc2C#N)C1. The second-order valence-electron chi connectivity index (χ2n) is 5.47. The Kier molecular flexibility index (Phi) is 4.71. The number of hydrogen-bond acceptors (Lipinski definition) is 4. The number of sulfonamides is 1. The molecule has 1 aromatic carbocycles. The number of nitriles is 1. The Bertz CT molecular complexity index is 739. The van der Waals surface area contributed by atoms with Gasteiger partial charge in [-0.3, -0.25) is 0 Å². The minimum atomic E-state index is -4.65. The average Bonchev–Trinajstić information content (AvgIpc) is 2.96. The molecule has 0 aromatic heterocycles. The highest BCUT2D eigenvalue weighted by Crippen LogP contribution is 2.33. The molecule has 1 N–H and O–H groups in total. The van der Waals surface area contributed by atoms with Crippen LogP contribution in [-0.4, -0.2) is 37.0 Å². The summed E-state index contributed by atoms with van der Waals surface area (Å²) in [6.45, 7) is 1.79. The fraction of sp³-hybridized carbons (Fsp3) is 0.500. The molecule has 9 heteroatoms. The highest BCUT2D eigenvalue weighted by atomic mass is 32.2. The molecule has 5 nitrogen and oxygen atoms in total. The third kappa shape index (κ3) is 3.49. The summed E-state index contributed by atoms with van der Waals surface area (Å²) in [4.78, 5) is -0.445. The molecule has 1 aliphatic rings. The molecule has 0 spiro atoms. The first-order valence-electron chi connectivity index (χ1n) is 6.87. The summed E-state index contributed by atoms with van der Waals surface area (Å²) in [5, 5.41) is 18.5. The Morgan fingerprint density at radius 3 is 2.57 bits per heavy atom. The van der Waals surface area contributed by atoms with Gasteiger partial charge in [-0.1, -0.05) is 0 Å². The molecule has 2 unspecified atom stereocenters. The van der Waals surface area contributed by atoms with Crippen LogP contribution in [0.1, 0.15) is 24.5 Å². The van der Waals surface area contributed by atoms with Gasteiger partial charge < -0.3 is 5.11 Å². The van der Waals surface area contributed by atoms with Crippen LogP contribution in [0.15, 0.2) is 23.1 Å². The zero-order valence-corrected chi connectivity index (χ0v) is 13.0. The number of nitrogens with zero attached hydrogens (tertiary/aromatic N) is 2. The van der Waals surface area contributed by atoms with Gasteiger partial charge in [0.25, 0.3) is 0 Å². The maximum Gasteiger partial charge on any atom is 0.416 e. The molecule has 23 heavy (non-hydrogen) atoms. The molecule has 0 radical (unpaired) electrons. The van der Waals surface area contributed by atoms with E-state index >= 15 is 0 Å². The number of benzene rings is 1. The quantitative estimate of drug-likeness (QED) is 0.905. The van der Waals surface area contributed by atoms with Crippen LogP contribution < -0.4 is 0 Å². The number of rotatable bonds is 3. The molecule has 0 amide bonds. The van der Waals surface area contributed by atoms with Crippen LogP contribution in [0.2, 0.25) is 0 Å². The van der Waals surface area contributed by atoms with Crippen LogP contribution in [-0.2, 0) is 16.2 Å². The second kappa shape index (κ2) is 6.11. The normalized spacial score (nSPS) is 21.1. The summed E-state index contributed by atoms with van der Waals surface area (Å²) in [6, 6.07) is 3.51. The summed E-state index contributed by atoms with van der Waals surface area (Å²) in [5.41, 5.74) is -1.61. The van der Waals surface area contributed by atoms with Gasteiger partial charge in [0.2, 0.25) is 10.0 Å². The summed E-state index contributed by atoms with van der Waals surface area (Å²) >= 11 is 0. The summed E-state index contributed by atoms with van der Waals surface area (Å²) in [5.74, 6) is -0.232. The Hall–Kier alpha value is -1.63. The van der Waals surface area contributed by atoms with Crippen molar-refractivity contribution in [1.82, 2.24) is 4.31 Å². The molecule has 1 fully saturated rings. The fourth-order valence-electron chi connectivity index (χ4n) is 2.52.